The van der Waals surface area contributed by atoms with Gasteiger partial charge in [-0.25, -0.2) is 22.8 Å². The van der Waals surface area contributed by atoms with E-state index in [1.807, 2.05) is 43.5 Å². The summed E-state index contributed by atoms with van der Waals surface area (Å²) in [6.07, 6.45) is 3.15. The van der Waals surface area contributed by atoms with E-state index in [0.717, 1.165) is 11.4 Å². The average molecular weight is 358 g/mol. The lowest BCUT2D eigenvalue weighted by Crippen LogP contribution is -2.18. The number of aromatic nitrogens is 4. The molecular weight excluding hydrogens is 340 g/mol. The molecule has 0 aliphatic heterocycles. The highest BCUT2D eigenvalue weighted by Crippen LogP contribution is 2.18. The van der Waals surface area contributed by atoms with E-state index in [-0.39, 0.29) is 10.9 Å². The summed E-state index contributed by atoms with van der Waals surface area (Å²) >= 11 is 0. The van der Waals surface area contributed by atoms with Crippen molar-refractivity contribution in [3.63, 3.8) is 0 Å². The first-order valence-electron chi connectivity index (χ1n) is 7.63. The van der Waals surface area contributed by atoms with Gasteiger partial charge in [-0.1, -0.05) is 23.4 Å². The standard InChI is InChI=1S/C16H18N6O2S/c1-12(15-11-22(21-20-15)13-6-4-3-5-7-13)19-16-9-8-14(10-18-16)25(23,24)17-2/h3-12,17H,1-2H3,(H,18,19). The maximum atomic E-state index is 11.7. The molecule has 130 valence electrons. The van der Waals surface area contributed by atoms with E-state index in [1.54, 1.807) is 10.7 Å². The summed E-state index contributed by atoms with van der Waals surface area (Å²) in [7, 11) is -2.13. The second kappa shape index (κ2) is 6.99. The molecule has 1 unspecified atom stereocenters. The van der Waals surface area contributed by atoms with E-state index in [2.05, 4.69) is 25.3 Å². The molecule has 0 saturated heterocycles. The van der Waals surface area contributed by atoms with Crippen LogP contribution < -0.4 is 10.0 Å². The lowest BCUT2D eigenvalue weighted by atomic mass is 10.2. The van der Waals surface area contributed by atoms with Crippen LogP contribution in [0, 0.1) is 0 Å². The molecule has 3 aromatic rings. The number of benzene rings is 1. The van der Waals surface area contributed by atoms with Crippen LogP contribution in [0.25, 0.3) is 5.69 Å². The highest BCUT2D eigenvalue weighted by atomic mass is 32.2. The molecule has 2 aromatic heterocycles. The molecule has 1 atom stereocenters. The third-order valence-corrected chi connectivity index (χ3v) is 5.05. The van der Waals surface area contributed by atoms with Gasteiger partial charge in [0, 0.05) is 6.20 Å². The van der Waals surface area contributed by atoms with Crippen LogP contribution in [0.15, 0.2) is 59.8 Å². The Morgan fingerprint density at radius 1 is 1.12 bits per heavy atom. The van der Waals surface area contributed by atoms with Crippen LogP contribution in [0.1, 0.15) is 18.7 Å². The number of hydrogen-bond acceptors (Lipinski definition) is 6. The predicted octanol–water partition coefficient (Wildman–Crippen LogP) is 1.74. The number of rotatable bonds is 6. The van der Waals surface area contributed by atoms with E-state index >= 15 is 0 Å². The van der Waals surface area contributed by atoms with Crippen molar-refractivity contribution < 1.29 is 8.42 Å². The Balaban J connectivity index is 1.72. The quantitative estimate of drug-likeness (QED) is 0.696. The van der Waals surface area contributed by atoms with E-state index in [9.17, 15) is 8.42 Å². The Hall–Kier alpha value is -2.78. The zero-order valence-electron chi connectivity index (χ0n) is 13.8. The minimum atomic E-state index is -3.49. The van der Waals surface area contributed by atoms with Crippen molar-refractivity contribution in [1.29, 1.82) is 0 Å². The van der Waals surface area contributed by atoms with Crippen LogP contribution in [-0.4, -0.2) is 35.4 Å². The van der Waals surface area contributed by atoms with E-state index in [4.69, 9.17) is 0 Å². The van der Waals surface area contributed by atoms with Gasteiger partial charge in [0.15, 0.2) is 0 Å². The fourth-order valence-electron chi connectivity index (χ4n) is 2.22. The van der Waals surface area contributed by atoms with Gasteiger partial charge >= 0.3 is 0 Å². The maximum absolute atomic E-state index is 11.7. The summed E-state index contributed by atoms with van der Waals surface area (Å²) in [5.41, 5.74) is 1.67. The molecule has 8 nitrogen and oxygen atoms in total. The van der Waals surface area contributed by atoms with Crippen molar-refractivity contribution in [2.24, 2.45) is 0 Å². The summed E-state index contributed by atoms with van der Waals surface area (Å²) in [6, 6.07) is 12.7. The molecule has 0 aliphatic rings. The van der Waals surface area contributed by atoms with Crippen LogP contribution in [0.3, 0.4) is 0 Å². The Kier molecular flexibility index (Phi) is 4.77. The lowest BCUT2D eigenvalue weighted by Gasteiger charge is -2.12. The molecule has 3 rings (SSSR count). The third kappa shape index (κ3) is 3.83. The fraction of sp³-hybridized carbons (Fsp3) is 0.188. The first kappa shape index (κ1) is 17.1. The molecule has 0 saturated carbocycles. The highest BCUT2D eigenvalue weighted by molar-refractivity contribution is 7.89. The van der Waals surface area contributed by atoms with Crippen molar-refractivity contribution in [3.05, 3.63) is 60.6 Å². The minimum Gasteiger partial charge on any atom is -0.362 e. The van der Waals surface area contributed by atoms with E-state index in [0.29, 0.717) is 5.82 Å². The van der Waals surface area contributed by atoms with Gasteiger partial charge < -0.3 is 5.32 Å². The van der Waals surface area contributed by atoms with Gasteiger partial charge in [0.1, 0.15) is 16.4 Å². The van der Waals surface area contributed by atoms with Gasteiger partial charge in [0.2, 0.25) is 10.0 Å². The van der Waals surface area contributed by atoms with Gasteiger partial charge in [0.05, 0.1) is 17.9 Å². The van der Waals surface area contributed by atoms with Crippen LogP contribution in [0.4, 0.5) is 5.82 Å². The van der Waals surface area contributed by atoms with Gasteiger partial charge in [-0.05, 0) is 38.2 Å². The number of pyridine rings is 1. The molecule has 0 spiro atoms. The molecule has 0 radical (unpaired) electrons. The first-order valence-corrected chi connectivity index (χ1v) is 9.12. The average Bonchev–Trinajstić information content (AvgIpc) is 3.13. The maximum Gasteiger partial charge on any atom is 0.241 e. The molecule has 2 heterocycles. The van der Waals surface area contributed by atoms with Crippen molar-refractivity contribution in [2.45, 2.75) is 17.9 Å². The second-order valence-electron chi connectivity index (χ2n) is 5.38. The summed E-state index contributed by atoms with van der Waals surface area (Å²) in [5.74, 6) is 0.553. The van der Waals surface area contributed by atoms with E-state index < -0.39 is 10.0 Å². The normalized spacial score (nSPS) is 12.7. The zero-order chi connectivity index (χ0) is 17.9. The third-order valence-electron chi connectivity index (χ3n) is 3.66. The Morgan fingerprint density at radius 2 is 1.88 bits per heavy atom. The largest absolute Gasteiger partial charge is 0.362 e. The number of hydrogen-bond donors (Lipinski definition) is 2. The Morgan fingerprint density at radius 3 is 2.52 bits per heavy atom. The highest BCUT2D eigenvalue weighted by Gasteiger charge is 2.14. The van der Waals surface area contributed by atoms with Gasteiger partial charge in [0.25, 0.3) is 0 Å². The van der Waals surface area contributed by atoms with E-state index in [1.165, 1.54) is 19.3 Å². The van der Waals surface area contributed by atoms with Gasteiger partial charge in [-0.2, -0.15) is 0 Å². The number of sulfonamides is 1. The number of para-hydroxylation sites is 1. The van der Waals surface area contributed by atoms with Crippen molar-refractivity contribution in [3.8, 4) is 5.69 Å². The topological polar surface area (TPSA) is 102 Å². The SMILES string of the molecule is CNS(=O)(=O)c1ccc(NC(C)c2cn(-c3ccccc3)nn2)nc1. The second-order valence-corrected chi connectivity index (χ2v) is 7.26. The predicted molar refractivity (Wildman–Crippen MR) is 93.9 cm³/mol. The van der Waals surface area contributed by atoms with Crippen LogP contribution in [0.5, 0.6) is 0 Å². The van der Waals surface area contributed by atoms with Crippen molar-refractivity contribution in [1.82, 2.24) is 24.7 Å². The van der Waals surface area contributed by atoms with Crippen LogP contribution in [-0.2, 0) is 10.0 Å². The van der Waals surface area contributed by atoms with Crippen molar-refractivity contribution in [2.75, 3.05) is 12.4 Å². The lowest BCUT2D eigenvalue weighted by molar-refractivity contribution is 0.588. The smallest absolute Gasteiger partial charge is 0.241 e. The number of anilines is 1. The molecule has 0 bridgehead atoms. The molecule has 1 aromatic carbocycles. The van der Waals surface area contributed by atoms with Gasteiger partial charge in [-0.15, -0.1) is 5.10 Å². The molecule has 0 amide bonds. The molecule has 2 N–H and O–H groups in total. The number of nitrogens with one attached hydrogen (secondary N) is 2. The van der Waals surface area contributed by atoms with Crippen molar-refractivity contribution >= 4 is 15.8 Å². The molecule has 0 fully saturated rings. The first-order chi connectivity index (χ1) is 12.0. The molecular formula is C16H18N6O2S. The summed E-state index contributed by atoms with van der Waals surface area (Å²) in [5, 5.41) is 11.5. The Bertz CT molecular complexity index is 938. The fourth-order valence-corrected chi connectivity index (χ4v) is 2.89. The van der Waals surface area contributed by atoms with Crippen LogP contribution >= 0.6 is 0 Å². The summed E-state index contributed by atoms with van der Waals surface area (Å²) in [6.45, 7) is 1.93. The van der Waals surface area contributed by atoms with Crippen LogP contribution in [0.2, 0.25) is 0 Å². The zero-order valence-corrected chi connectivity index (χ0v) is 14.6. The molecule has 25 heavy (non-hydrogen) atoms. The molecule has 9 heteroatoms. The van der Waals surface area contributed by atoms with Gasteiger partial charge in [-0.3, -0.25) is 0 Å². The minimum absolute atomic E-state index is 0.114. The summed E-state index contributed by atoms with van der Waals surface area (Å²) < 4.78 is 27.4. The number of nitrogens with zero attached hydrogens (tertiary/aromatic N) is 4. The monoisotopic (exact) mass is 358 g/mol. The molecule has 0 aliphatic carbocycles. The Labute approximate surface area is 146 Å². The summed E-state index contributed by atoms with van der Waals surface area (Å²) in [4.78, 5) is 4.25.